The van der Waals surface area contributed by atoms with E-state index in [1.54, 1.807) is 6.07 Å². The lowest BCUT2D eigenvalue weighted by Crippen LogP contribution is -2.19. The second kappa shape index (κ2) is 4.00. The van der Waals surface area contributed by atoms with Gasteiger partial charge >= 0.3 is 6.18 Å². The fourth-order valence-electron chi connectivity index (χ4n) is 2.05. The van der Waals surface area contributed by atoms with Gasteiger partial charge in [0.1, 0.15) is 0 Å². The summed E-state index contributed by atoms with van der Waals surface area (Å²) in [7, 11) is 0. The third-order valence-electron chi connectivity index (χ3n) is 2.96. The lowest BCUT2D eigenvalue weighted by atomic mass is 10.1. The highest BCUT2D eigenvalue weighted by molar-refractivity contribution is 5.50. The van der Waals surface area contributed by atoms with Crippen molar-refractivity contribution in [3.05, 3.63) is 29.8 Å². The van der Waals surface area contributed by atoms with Crippen LogP contribution in [0.4, 0.5) is 18.9 Å². The van der Waals surface area contributed by atoms with Gasteiger partial charge in [-0.25, -0.2) is 0 Å². The average molecular weight is 229 g/mol. The molecule has 2 rings (SSSR count). The number of anilines is 1. The van der Waals surface area contributed by atoms with E-state index in [1.165, 1.54) is 12.1 Å². The van der Waals surface area contributed by atoms with Gasteiger partial charge in [0.15, 0.2) is 0 Å². The SMILES string of the molecule is CC1CCN(c2cccc(C(F)(F)F)c2)C1. The lowest BCUT2D eigenvalue weighted by molar-refractivity contribution is -0.137. The second-order valence-electron chi connectivity index (χ2n) is 4.39. The summed E-state index contributed by atoms with van der Waals surface area (Å²) in [5.41, 5.74) is 0.115. The summed E-state index contributed by atoms with van der Waals surface area (Å²) in [5, 5.41) is 0. The van der Waals surface area contributed by atoms with E-state index < -0.39 is 11.7 Å². The third-order valence-corrected chi connectivity index (χ3v) is 2.96. The molecule has 1 unspecified atom stereocenters. The summed E-state index contributed by atoms with van der Waals surface area (Å²) < 4.78 is 37.5. The maximum atomic E-state index is 12.5. The van der Waals surface area contributed by atoms with Gasteiger partial charge < -0.3 is 4.90 Å². The zero-order chi connectivity index (χ0) is 11.8. The van der Waals surface area contributed by atoms with Crippen LogP contribution in [0.5, 0.6) is 0 Å². The van der Waals surface area contributed by atoms with Gasteiger partial charge in [0.2, 0.25) is 0 Å². The predicted octanol–water partition coefficient (Wildman–Crippen LogP) is 3.55. The van der Waals surface area contributed by atoms with Crippen LogP contribution in [0.15, 0.2) is 24.3 Å². The fraction of sp³-hybridized carbons (Fsp3) is 0.500. The molecule has 0 saturated carbocycles. The minimum atomic E-state index is -4.25. The Labute approximate surface area is 92.9 Å². The van der Waals surface area contributed by atoms with Gasteiger partial charge in [-0.3, -0.25) is 0 Å². The van der Waals surface area contributed by atoms with Crippen molar-refractivity contribution in [2.75, 3.05) is 18.0 Å². The van der Waals surface area contributed by atoms with Gasteiger partial charge in [0, 0.05) is 18.8 Å². The van der Waals surface area contributed by atoms with E-state index >= 15 is 0 Å². The first-order chi connectivity index (χ1) is 7.47. The number of alkyl halides is 3. The van der Waals surface area contributed by atoms with Gasteiger partial charge in [0.05, 0.1) is 5.56 Å². The molecule has 88 valence electrons. The van der Waals surface area contributed by atoms with Crippen LogP contribution in [-0.2, 0) is 6.18 Å². The Morgan fingerprint density at radius 3 is 2.62 bits per heavy atom. The number of halogens is 3. The molecule has 0 N–H and O–H groups in total. The maximum absolute atomic E-state index is 12.5. The van der Waals surface area contributed by atoms with E-state index in [4.69, 9.17) is 0 Å². The average Bonchev–Trinajstić information content (AvgIpc) is 2.64. The molecule has 0 spiro atoms. The molecule has 1 nitrogen and oxygen atoms in total. The Hall–Kier alpha value is -1.19. The van der Waals surface area contributed by atoms with Crippen molar-refractivity contribution in [2.45, 2.75) is 19.5 Å². The topological polar surface area (TPSA) is 3.24 Å². The Kier molecular flexibility index (Phi) is 2.82. The van der Waals surface area contributed by atoms with Crippen molar-refractivity contribution in [1.82, 2.24) is 0 Å². The number of benzene rings is 1. The van der Waals surface area contributed by atoms with Gasteiger partial charge in [-0.15, -0.1) is 0 Å². The first kappa shape index (κ1) is 11.3. The van der Waals surface area contributed by atoms with E-state index in [1.807, 2.05) is 4.90 Å². The summed E-state index contributed by atoms with van der Waals surface area (Å²) in [6.45, 7) is 3.82. The molecule has 1 aliphatic rings. The highest BCUT2D eigenvalue weighted by Gasteiger charge is 2.31. The number of hydrogen-bond acceptors (Lipinski definition) is 1. The summed E-state index contributed by atoms with van der Waals surface area (Å²) >= 11 is 0. The molecule has 0 aliphatic carbocycles. The van der Waals surface area contributed by atoms with Gasteiger partial charge in [-0.1, -0.05) is 13.0 Å². The van der Waals surface area contributed by atoms with Crippen molar-refractivity contribution in [2.24, 2.45) is 5.92 Å². The number of rotatable bonds is 1. The Morgan fingerprint density at radius 2 is 2.06 bits per heavy atom. The molecule has 1 fully saturated rings. The first-order valence-electron chi connectivity index (χ1n) is 5.39. The molecule has 4 heteroatoms. The predicted molar refractivity (Wildman–Crippen MR) is 57.4 cm³/mol. The summed E-state index contributed by atoms with van der Waals surface area (Å²) in [6, 6.07) is 5.56. The van der Waals surface area contributed by atoms with Crippen molar-refractivity contribution in [3.8, 4) is 0 Å². The molecular weight excluding hydrogens is 215 g/mol. The molecule has 1 aromatic rings. The summed E-state index contributed by atoms with van der Waals surface area (Å²) in [5.74, 6) is 0.564. The van der Waals surface area contributed by atoms with E-state index in [2.05, 4.69) is 6.92 Å². The maximum Gasteiger partial charge on any atom is 0.416 e. The van der Waals surface area contributed by atoms with Crippen molar-refractivity contribution >= 4 is 5.69 Å². The molecule has 1 atom stereocenters. The highest BCUT2D eigenvalue weighted by Crippen LogP contribution is 2.32. The first-order valence-corrected chi connectivity index (χ1v) is 5.39. The number of nitrogens with zero attached hydrogens (tertiary/aromatic N) is 1. The van der Waals surface area contributed by atoms with Gasteiger partial charge in [-0.2, -0.15) is 13.2 Å². The second-order valence-corrected chi connectivity index (χ2v) is 4.39. The van der Waals surface area contributed by atoms with Crippen LogP contribution in [0.1, 0.15) is 18.9 Å². The zero-order valence-electron chi connectivity index (χ0n) is 9.09. The molecule has 1 aromatic carbocycles. The van der Waals surface area contributed by atoms with Crippen molar-refractivity contribution in [1.29, 1.82) is 0 Å². The van der Waals surface area contributed by atoms with Crippen LogP contribution < -0.4 is 4.90 Å². The van der Waals surface area contributed by atoms with Crippen molar-refractivity contribution in [3.63, 3.8) is 0 Å². The van der Waals surface area contributed by atoms with Crippen LogP contribution in [0, 0.1) is 5.92 Å². The molecule has 0 radical (unpaired) electrons. The molecule has 1 heterocycles. The molecule has 1 aliphatic heterocycles. The Morgan fingerprint density at radius 1 is 1.31 bits per heavy atom. The molecular formula is C12H14F3N. The minimum Gasteiger partial charge on any atom is -0.371 e. The van der Waals surface area contributed by atoms with Crippen LogP contribution in [0.2, 0.25) is 0 Å². The van der Waals surface area contributed by atoms with Crippen LogP contribution in [-0.4, -0.2) is 13.1 Å². The highest BCUT2D eigenvalue weighted by atomic mass is 19.4. The normalized spacial score (nSPS) is 21.5. The van der Waals surface area contributed by atoms with E-state index in [0.29, 0.717) is 11.6 Å². The molecule has 0 amide bonds. The Bertz CT molecular complexity index is 373. The smallest absolute Gasteiger partial charge is 0.371 e. The summed E-state index contributed by atoms with van der Waals surface area (Å²) in [4.78, 5) is 2.01. The largest absolute Gasteiger partial charge is 0.416 e. The molecule has 0 aromatic heterocycles. The quantitative estimate of drug-likeness (QED) is 0.711. The van der Waals surface area contributed by atoms with Crippen molar-refractivity contribution < 1.29 is 13.2 Å². The third kappa shape index (κ3) is 2.31. The van der Waals surface area contributed by atoms with Crippen LogP contribution in [0.3, 0.4) is 0 Å². The summed E-state index contributed by atoms with van der Waals surface area (Å²) in [6.07, 6.45) is -3.20. The fourth-order valence-corrected chi connectivity index (χ4v) is 2.05. The van der Waals surface area contributed by atoms with Gasteiger partial charge in [-0.05, 0) is 30.5 Å². The molecule has 0 bridgehead atoms. The van der Waals surface area contributed by atoms with Crippen LogP contribution >= 0.6 is 0 Å². The number of hydrogen-bond donors (Lipinski definition) is 0. The standard InChI is InChI=1S/C12H14F3N/c1-9-5-6-16(8-9)11-4-2-3-10(7-11)12(13,14)15/h2-4,7,9H,5-6,8H2,1H3. The monoisotopic (exact) mass is 229 g/mol. The molecule has 16 heavy (non-hydrogen) atoms. The Balaban J connectivity index is 2.23. The van der Waals surface area contributed by atoms with E-state index in [9.17, 15) is 13.2 Å². The minimum absolute atomic E-state index is 0.564. The van der Waals surface area contributed by atoms with E-state index in [-0.39, 0.29) is 0 Å². The van der Waals surface area contributed by atoms with Crippen LogP contribution in [0.25, 0.3) is 0 Å². The molecule has 1 saturated heterocycles. The van der Waals surface area contributed by atoms with E-state index in [0.717, 1.165) is 25.6 Å². The zero-order valence-corrected chi connectivity index (χ0v) is 9.09. The van der Waals surface area contributed by atoms with Gasteiger partial charge in [0.25, 0.3) is 0 Å². The lowest BCUT2D eigenvalue weighted by Gasteiger charge is -2.19.